The molecule has 0 aromatic rings. The average molecular weight is 1410 g/mol. The molecule has 0 aliphatic carbocycles. The van der Waals surface area contributed by atoms with Gasteiger partial charge in [0.2, 0.25) is 5.91 Å². The molecule has 11 nitrogen and oxygen atoms in total. The maximum atomic E-state index is 13.1. The van der Waals surface area contributed by atoms with E-state index in [2.05, 4.69) is 67.8 Å². The van der Waals surface area contributed by atoms with Crippen LogP contribution in [0.1, 0.15) is 431 Å². The van der Waals surface area contributed by atoms with Gasteiger partial charge in [0.25, 0.3) is 0 Å². The molecule has 0 radical (unpaired) electrons. The van der Waals surface area contributed by atoms with Crippen LogP contribution in [-0.2, 0) is 23.8 Å². The SMILES string of the molecule is CCCCCCCCC/C=C\CCCCCCCCCC(=O)OCCCCCCCCCCCCCCCCC/C=C\C/C=C\CCCCCCCCCCCCCCCCCCCC(=O)NC(COC1OC(CO)C(O)C(O)C1O)C(O)/C=C/CC/C=C/CCCCCCCCCCC. The smallest absolute Gasteiger partial charge is 0.305 e. The number of esters is 1. The van der Waals surface area contributed by atoms with Crippen LogP contribution in [0.15, 0.2) is 60.8 Å². The molecule has 6 N–H and O–H groups in total. The van der Waals surface area contributed by atoms with Crippen LogP contribution in [0.25, 0.3) is 0 Å². The largest absolute Gasteiger partial charge is 0.466 e. The minimum absolute atomic E-state index is 0.0121. The van der Waals surface area contributed by atoms with Gasteiger partial charge in [-0.05, 0) is 103 Å². The molecule has 0 aromatic heterocycles. The lowest BCUT2D eigenvalue weighted by molar-refractivity contribution is -0.302. The Balaban J connectivity index is 1.90. The Morgan fingerprint density at radius 3 is 1.05 bits per heavy atom. The van der Waals surface area contributed by atoms with Crippen LogP contribution in [0.5, 0.6) is 0 Å². The van der Waals surface area contributed by atoms with Gasteiger partial charge in [0.05, 0.1) is 32.0 Å². The number of carbonyl (C=O) groups excluding carboxylic acids is 2. The topological polar surface area (TPSA) is 175 Å². The first-order valence-corrected chi connectivity index (χ1v) is 43.6. The third kappa shape index (κ3) is 64.9. The van der Waals surface area contributed by atoms with Crippen LogP contribution in [0.3, 0.4) is 0 Å². The number of hydrogen-bond acceptors (Lipinski definition) is 10. The number of nitrogens with one attached hydrogen (secondary N) is 1. The highest BCUT2D eigenvalue weighted by Gasteiger charge is 2.44. The van der Waals surface area contributed by atoms with E-state index < -0.39 is 49.5 Å². The van der Waals surface area contributed by atoms with E-state index in [4.69, 9.17) is 14.2 Å². The third-order valence-electron chi connectivity index (χ3n) is 20.6. The maximum absolute atomic E-state index is 13.1. The summed E-state index contributed by atoms with van der Waals surface area (Å²) in [7, 11) is 0. The van der Waals surface area contributed by atoms with Gasteiger partial charge in [-0.1, -0.05) is 376 Å². The van der Waals surface area contributed by atoms with Gasteiger partial charge in [0, 0.05) is 12.8 Å². The maximum Gasteiger partial charge on any atom is 0.305 e. The zero-order chi connectivity index (χ0) is 72.2. The minimum atomic E-state index is -1.58. The van der Waals surface area contributed by atoms with E-state index in [-0.39, 0.29) is 18.5 Å². The van der Waals surface area contributed by atoms with Crippen LogP contribution in [0, 0.1) is 0 Å². The van der Waals surface area contributed by atoms with E-state index in [9.17, 15) is 35.1 Å². The van der Waals surface area contributed by atoms with E-state index in [1.54, 1.807) is 6.08 Å². The normalized spacial score (nSPS) is 17.4. The summed E-state index contributed by atoms with van der Waals surface area (Å²) in [5.41, 5.74) is 0. The minimum Gasteiger partial charge on any atom is -0.466 e. The number of carbonyl (C=O) groups is 2. The fraction of sp³-hybridized carbons (Fsp3) is 0.865. The summed E-state index contributed by atoms with van der Waals surface area (Å²) in [5, 5.41) is 54.6. The summed E-state index contributed by atoms with van der Waals surface area (Å²) in [5.74, 6) is -0.174. The number of amides is 1. The van der Waals surface area contributed by atoms with E-state index in [0.717, 1.165) is 64.2 Å². The average Bonchev–Trinajstić information content (AvgIpc) is 0.822. The first-order chi connectivity index (χ1) is 49.2. The number of allylic oxidation sites excluding steroid dienone is 9. The van der Waals surface area contributed by atoms with Crippen molar-refractivity contribution in [3.05, 3.63) is 60.8 Å². The predicted molar refractivity (Wildman–Crippen MR) is 426 cm³/mol. The molecule has 1 saturated heterocycles. The summed E-state index contributed by atoms with van der Waals surface area (Å²) in [4.78, 5) is 25.2. The molecule has 1 aliphatic rings. The lowest BCUT2D eigenvalue weighted by Gasteiger charge is -2.40. The molecule has 1 rings (SSSR count). The molecule has 1 aliphatic heterocycles. The summed E-state index contributed by atoms with van der Waals surface area (Å²) in [6, 6.07) is -0.827. The van der Waals surface area contributed by atoms with Crippen LogP contribution in [0.4, 0.5) is 0 Å². The first kappa shape index (κ1) is 95.4. The Labute approximate surface area is 618 Å². The zero-order valence-electron chi connectivity index (χ0n) is 65.7. The third-order valence-corrected chi connectivity index (χ3v) is 20.6. The van der Waals surface area contributed by atoms with Gasteiger partial charge in [-0.2, -0.15) is 0 Å². The van der Waals surface area contributed by atoms with Crippen molar-refractivity contribution in [2.75, 3.05) is 19.8 Å². The van der Waals surface area contributed by atoms with Crippen molar-refractivity contribution in [2.24, 2.45) is 0 Å². The fourth-order valence-electron chi connectivity index (χ4n) is 13.8. The lowest BCUT2D eigenvalue weighted by Crippen LogP contribution is -2.60. The first-order valence-electron chi connectivity index (χ1n) is 43.6. The molecule has 7 unspecified atom stereocenters. The highest BCUT2D eigenvalue weighted by atomic mass is 16.7. The Morgan fingerprint density at radius 2 is 0.680 bits per heavy atom. The summed E-state index contributed by atoms with van der Waals surface area (Å²) < 4.78 is 16.8. The number of aliphatic hydroxyl groups excluding tert-OH is 5. The van der Waals surface area contributed by atoms with E-state index in [1.165, 1.54) is 340 Å². The van der Waals surface area contributed by atoms with Gasteiger partial charge in [-0.15, -0.1) is 0 Å². The Morgan fingerprint density at radius 1 is 0.370 bits per heavy atom. The molecule has 0 spiro atoms. The van der Waals surface area contributed by atoms with Crippen molar-refractivity contribution in [1.29, 1.82) is 0 Å². The summed E-state index contributed by atoms with van der Waals surface area (Å²) >= 11 is 0. The van der Waals surface area contributed by atoms with E-state index >= 15 is 0 Å². The predicted octanol–water partition coefficient (Wildman–Crippen LogP) is 24.4. The Kier molecular flexibility index (Phi) is 73.9. The molecule has 0 bridgehead atoms. The molecule has 0 saturated carbocycles. The van der Waals surface area contributed by atoms with E-state index in [0.29, 0.717) is 19.4 Å². The molecule has 586 valence electrons. The number of hydrogen-bond donors (Lipinski definition) is 6. The number of ether oxygens (including phenoxy) is 3. The van der Waals surface area contributed by atoms with Gasteiger partial charge in [0.1, 0.15) is 24.4 Å². The van der Waals surface area contributed by atoms with E-state index in [1.807, 2.05) is 6.08 Å². The van der Waals surface area contributed by atoms with Crippen molar-refractivity contribution < 1.29 is 49.3 Å². The van der Waals surface area contributed by atoms with Gasteiger partial charge in [-0.25, -0.2) is 0 Å². The Bertz CT molecular complexity index is 1850. The standard InChI is InChI=1S/C89H165NO10/c1-3-5-7-9-11-13-15-17-19-20-45-49-53-57-61-65-69-73-77-85(94)98-78-74-70-66-62-58-54-50-46-43-41-39-37-35-33-31-29-27-25-23-21-22-24-26-28-30-32-34-36-38-40-42-44-48-52-56-60-64-68-72-76-84(93)90-81(80-99-89-88(97)87(96)86(95)83(79-91)100-89)82(92)75-71-67-63-59-55-51-47-18-16-14-12-10-8-6-4-2/h19-22,25,27,55,59,71,75,81-83,86-89,91-92,95-97H,3-18,23-24,26,28-54,56-58,60-70,72-74,76-80H2,1-2H3,(H,90,93)/b20-19-,22-21-,27-25-,59-55+,75-71+. The molecule has 1 amide bonds. The van der Waals surface area contributed by atoms with Gasteiger partial charge < -0.3 is 45.1 Å². The molecular formula is C89H165NO10. The molecule has 7 atom stereocenters. The summed E-state index contributed by atoms with van der Waals surface area (Å²) in [6.45, 7) is 4.38. The second kappa shape index (κ2) is 77.5. The molecular weight excluding hydrogens is 1240 g/mol. The fourth-order valence-corrected chi connectivity index (χ4v) is 13.8. The zero-order valence-corrected chi connectivity index (χ0v) is 65.7. The van der Waals surface area contributed by atoms with Crippen LogP contribution < -0.4 is 5.32 Å². The van der Waals surface area contributed by atoms with Crippen molar-refractivity contribution in [1.82, 2.24) is 5.32 Å². The van der Waals surface area contributed by atoms with Crippen molar-refractivity contribution >= 4 is 11.9 Å². The quantitative estimate of drug-likeness (QED) is 0.0195. The number of unbranched alkanes of at least 4 members (excludes halogenated alkanes) is 56. The van der Waals surface area contributed by atoms with Crippen LogP contribution in [-0.4, -0.2) is 100 Å². The lowest BCUT2D eigenvalue weighted by atomic mass is 9.99. The Hall–Kier alpha value is -2.64. The molecule has 1 heterocycles. The monoisotopic (exact) mass is 1410 g/mol. The molecule has 0 aromatic carbocycles. The molecule has 100 heavy (non-hydrogen) atoms. The van der Waals surface area contributed by atoms with Gasteiger partial charge in [0.15, 0.2) is 6.29 Å². The van der Waals surface area contributed by atoms with Crippen molar-refractivity contribution in [3.8, 4) is 0 Å². The second-order valence-corrected chi connectivity index (χ2v) is 30.2. The number of rotatable bonds is 78. The summed E-state index contributed by atoms with van der Waals surface area (Å²) in [6.07, 6.45) is 95.6. The highest BCUT2D eigenvalue weighted by Crippen LogP contribution is 2.24. The number of aliphatic hydroxyl groups is 5. The van der Waals surface area contributed by atoms with Gasteiger partial charge in [-0.3, -0.25) is 9.59 Å². The molecule has 11 heteroatoms. The van der Waals surface area contributed by atoms with Crippen LogP contribution in [0.2, 0.25) is 0 Å². The van der Waals surface area contributed by atoms with Crippen LogP contribution >= 0.6 is 0 Å². The molecule has 1 fully saturated rings. The highest BCUT2D eigenvalue weighted by molar-refractivity contribution is 5.76. The van der Waals surface area contributed by atoms with Crippen molar-refractivity contribution in [2.45, 2.75) is 474 Å². The van der Waals surface area contributed by atoms with Crippen molar-refractivity contribution in [3.63, 3.8) is 0 Å². The van der Waals surface area contributed by atoms with Gasteiger partial charge >= 0.3 is 5.97 Å². The second-order valence-electron chi connectivity index (χ2n) is 30.2.